The number of carbonyl (C=O) groups is 2. The van der Waals surface area contributed by atoms with E-state index in [-0.39, 0.29) is 11.8 Å². The van der Waals surface area contributed by atoms with Gasteiger partial charge in [-0.15, -0.1) is 0 Å². The van der Waals surface area contributed by atoms with Crippen molar-refractivity contribution in [1.82, 2.24) is 10.9 Å². The second-order valence-electron chi connectivity index (χ2n) is 6.96. The summed E-state index contributed by atoms with van der Waals surface area (Å²) >= 11 is 0. The molecule has 0 radical (unpaired) electrons. The van der Waals surface area contributed by atoms with Gasteiger partial charge in [0.15, 0.2) is 0 Å². The van der Waals surface area contributed by atoms with Crippen LogP contribution in [0.4, 0.5) is 0 Å². The molecular formula is C18H24N2O2. The van der Waals surface area contributed by atoms with Gasteiger partial charge >= 0.3 is 0 Å². The van der Waals surface area contributed by atoms with Crippen molar-refractivity contribution in [3.05, 3.63) is 34.9 Å². The van der Waals surface area contributed by atoms with Gasteiger partial charge in [-0.1, -0.05) is 24.1 Å². The number of aryl methyl sites for hydroxylation is 2. The molecule has 118 valence electrons. The van der Waals surface area contributed by atoms with Gasteiger partial charge in [0.2, 0.25) is 5.91 Å². The number of amides is 2. The van der Waals surface area contributed by atoms with Gasteiger partial charge < -0.3 is 0 Å². The molecule has 0 saturated heterocycles. The summed E-state index contributed by atoms with van der Waals surface area (Å²) in [4.78, 5) is 24.1. The monoisotopic (exact) mass is 300 g/mol. The zero-order chi connectivity index (χ0) is 15.7. The Morgan fingerprint density at radius 3 is 2.59 bits per heavy atom. The average molecular weight is 300 g/mol. The van der Waals surface area contributed by atoms with Gasteiger partial charge in [-0.05, 0) is 62.5 Å². The largest absolute Gasteiger partial charge is 0.273 e. The summed E-state index contributed by atoms with van der Waals surface area (Å²) in [7, 11) is 0. The third-order valence-electron chi connectivity index (χ3n) is 5.27. The third-order valence-corrected chi connectivity index (χ3v) is 5.27. The van der Waals surface area contributed by atoms with Crippen LogP contribution in [-0.2, 0) is 4.79 Å². The van der Waals surface area contributed by atoms with Crippen LogP contribution < -0.4 is 10.9 Å². The summed E-state index contributed by atoms with van der Waals surface area (Å²) in [6, 6.07) is 5.66. The van der Waals surface area contributed by atoms with Gasteiger partial charge in [-0.25, -0.2) is 0 Å². The number of nitrogens with one attached hydrogen (secondary N) is 2. The van der Waals surface area contributed by atoms with Crippen molar-refractivity contribution in [2.45, 2.75) is 46.0 Å². The highest BCUT2D eigenvalue weighted by molar-refractivity contribution is 5.96. The molecule has 2 amide bonds. The average Bonchev–Trinajstić information content (AvgIpc) is 3.07. The summed E-state index contributed by atoms with van der Waals surface area (Å²) < 4.78 is 0. The standard InChI is InChI=1S/C18H24N2O2/c1-11-3-6-16(12(2)7-11)18(22)20-19-17(21)10-15-9-13-4-5-14(15)8-13/h3,6-7,13-15H,4-5,8-10H2,1-2H3,(H,19,21)(H,20,22)/t13-,14-,15+/m1/s1. The molecule has 4 nitrogen and oxygen atoms in total. The number of benzene rings is 1. The van der Waals surface area contributed by atoms with Crippen LogP contribution in [0.15, 0.2) is 18.2 Å². The van der Waals surface area contributed by atoms with Crippen LogP contribution in [-0.4, -0.2) is 11.8 Å². The van der Waals surface area contributed by atoms with Gasteiger partial charge in [-0.2, -0.15) is 0 Å². The zero-order valence-corrected chi connectivity index (χ0v) is 13.3. The SMILES string of the molecule is Cc1ccc(C(=O)NNC(=O)C[C@@H]2C[C@@H]3CC[C@@H]2C3)c(C)c1. The molecule has 0 heterocycles. The molecule has 3 atom stereocenters. The first-order valence-electron chi connectivity index (χ1n) is 8.19. The zero-order valence-electron chi connectivity index (χ0n) is 13.3. The first kappa shape index (κ1) is 15.1. The molecule has 4 heteroatoms. The van der Waals surface area contributed by atoms with Gasteiger partial charge in [-0.3, -0.25) is 20.4 Å². The highest BCUT2D eigenvalue weighted by Gasteiger charge is 2.40. The topological polar surface area (TPSA) is 58.2 Å². The van der Waals surface area contributed by atoms with E-state index in [1.54, 1.807) is 6.07 Å². The predicted molar refractivity (Wildman–Crippen MR) is 85.1 cm³/mol. The minimum Gasteiger partial charge on any atom is -0.273 e. The Labute approximate surface area is 131 Å². The van der Waals surface area contributed by atoms with Crippen molar-refractivity contribution >= 4 is 11.8 Å². The Hall–Kier alpha value is -1.84. The molecule has 22 heavy (non-hydrogen) atoms. The van der Waals surface area contributed by atoms with E-state index in [1.807, 2.05) is 26.0 Å². The number of fused-ring (bicyclic) bond motifs is 2. The molecule has 0 aliphatic heterocycles. The minimum atomic E-state index is -0.251. The minimum absolute atomic E-state index is 0.0735. The van der Waals surface area contributed by atoms with Gasteiger partial charge in [0.05, 0.1) is 0 Å². The van der Waals surface area contributed by atoms with Crippen molar-refractivity contribution < 1.29 is 9.59 Å². The molecule has 2 aliphatic rings. The highest BCUT2D eigenvalue weighted by atomic mass is 16.2. The molecular weight excluding hydrogens is 276 g/mol. The maximum Gasteiger partial charge on any atom is 0.269 e. The maximum absolute atomic E-state index is 12.1. The molecule has 3 rings (SSSR count). The lowest BCUT2D eigenvalue weighted by molar-refractivity contribution is -0.123. The Morgan fingerprint density at radius 2 is 1.95 bits per heavy atom. The summed E-state index contributed by atoms with van der Waals surface area (Å²) in [5, 5.41) is 0. The lowest BCUT2D eigenvalue weighted by atomic mass is 9.86. The quantitative estimate of drug-likeness (QED) is 0.843. The number of hydrogen-bond donors (Lipinski definition) is 2. The normalized spacial score (nSPS) is 26.0. The summed E-state index contributed by atoms with van der Waals surface area (Å²) in [5.41, 5.74) is 7.75. The van der Waals surface area contributed by atoms with E-state index in [4.69, 9.17) is 0 Å². The van der Waals surface area contributed by atoms with E-state index < -0.39 is 0 Å². The third kappa shape index (κ3) is 3.16. The fourth-order valence-electron chi connectivity index (χ4n) is 4.18. The number of hydrazine groups is 1. The molecule has 2 N–H and O–H groups in total. The first-order chi connectivity index (χ1) is 10.5. The summed E-state index contributed by atoms with van der Waals surface area (Å²) in [6.45, 7) is 3.89. The molecule has 2 bridgehead atoms. The summed E-state index contributed by atoms with van der Waals surface area (Å²) in [5.74, 6) is 1.75. The maximum atomic E-state index is 12.1. The molecule has 1 aromatic carbocycles. The van der Waals surface area contributed by atoms with Gasteiger partial charge in [0.1, 0.15) is 0 Å². The smallest absolute Gasteiger partial charge is 0.269 e. The highest BCUT2D eigenvalue weighted by Crippen LogP contribution is 2.49. The predicted octanol–water partition coefficient (Wildman–Crippen LogP) is 2.89. The Bertz CT molecular complexity index is 597. The molecule has 2 aliphatic carbocycles. The van der Waals surface area contributed by atoms with Crippen LogP contribution >= 0.6 is 0 Å². The summed E-state index contributed by atoms with van der Waals surface area (Å²) in [6.07, 6.45) is 5.63. The van der Waals surface area contributed by atoms with E-state index in [2.05, 4.69) is 10.9 Å². The molecule has 1 aromatic rings. The number of rotatable bonds is 3. The van der Waals surface area contributed by atoms with Crippen LogP contribution in [0.3, 0.4) is 0 Å². The van der Waals surface area contributed by atoms with E-state index in [1.165, 1.54) is 25.7 Å². The fourth-order valence-corrected chi connectivity index (χ4v) is 4.18. The van der Waals surface area contributed by atoms with Crippen molar-refractivity contribution in [3.8, 4) is 0 Å². The van der Waals surface area contributed by atoms with E-state index in [9.17, 15) is 9.59 Å². The van der Waals surface area contributed by atoms with Crippen LogP contribution in [0.1, 0.15) is 53.6 Å². The number of carbonyl (C=O) groups excluding carboxylic acids is 2. The van der Waals surface area contributed by atoms with E-state index in [0.717, 1.165) is 23.0 Å². The van der Waals surface area contributed by atoms with Crippen LogP contribution in [0.2, 0.25) is 0 Å². The second-order valence-corrected chi connectivity index (χ2v) is 6.96. The Balaban J connectivity index is 1.49. The van der Waals surface area contributed by atoms with Crippen LogP contribution in [0.25, 0.3) is 0 Å². The molecule has 0 aromatic heterocycles. The van der Waals surface area contributed by atoms with Crippen molar-refractivity contribution in [2.24, 2.45) is 17.8 Å². The Morgan fingerprint density at radius 1 is 1.14 bits per heavy atom. The van der Waals surface area contributed by atoms with Crippen molar-refractivity contribution in [2.75, 3.05) is 0 Å². The van der Waals surface area contributed by atoms with Gasteiger partial charge in [0, 0.05) is 12.0 Å². The Kier molecular flexibility index (Phi) is 4.19. The molecule has 0 spiro atoms. The van der Waals surface area contributed by atoms with E-state index >= 15 is 0 Å². The molecule has 0 unspecified atom stereocenters. The number of hydrogen-bond acceptors (Lipinski definition) is 2. The molecule has 2 saturated carbocycles. The van der Waals surface area contributed by atoms with Crippen molar-refractivity contribution in [3.63, 3.8) is 0 Å². The van der Waals surface area contributed by atoms with E-state index in [0.29, 0.717) is 17.9 Å². The molecule has 2 fully saturated rings. The van der Waals surface area contributed by atoms with Crippen LogP contribution in [0, 0.1) is 31.6 Å². The van der Waals surface area contributed by atoms with Crippen LogP contribution in [0.5, 0.6) is 0 Å². The second kappa shape index (κ2) is 6.11. The van der Waals surface area contributed by atoms with Crippen molar-refractivity contribution in [1.29, 1.82) is 0 Å². The lowest BCUT2D eigenvalue weighted by Crippen LogP contribution is -2.42. The lowest BCUT2D eigenvalue weighted by Gasteiger charge is -2.21. The fraction of sp³-hybridized carbons (Fsp3) is 0.556. The first-order valence-corrected chi connectivity index (χ1v) is 8.19. The van der Waals surface area contributed by atoms with Gasteiger partial charge in [0.25, 0.3) is 5.91 Å².